The Morgan fingerprint density at radius 1 is 1.57 bits per heavy atom. The Hall–Kier alpha value is -0.420. The second-order valence-electron chi connectivity index (χ2n) is 3.72. The van der Waals surface area contributed by atoms with E-state index in [-0.39, 0.29) is 18.7 Å². The lowest BCUT2D eigenvalue weighted by Gasteiger charge is -2.28. The van der Waals surface area contributed by atoms with Gasteiger partial charge in [0.05, 0.1) is 12.6 Å². The van der Waals surface area contributed by atoms with Crippen LogP contribution in [-0.2, 0) is 0 Å². The van der Waals surface area contributed by atoms with Crippen molar-refractivity contribution in [2.24, 2.45) is 5.73 Å². The van der Waals surface area contributed by atoms with Crippen LogP contribution in [0.15, 0.2) is 11.4 Å². The van der Waals surface area contributed by atoms with E-state index in [9.17, 15) is 0 Å². The molecule has 0 amide bonds. The van der Waals surface area contributed by atoms with Crippen molar-refractivity contribution in [1.29, 1.82) is 0 Å². The number of nitrogens with zero attached hydrogens (tertiary/aromatic N) is 1. The summed E-state index contributed by atoms with van der Waals surface area (Å²) in [6.07, 6.45) is 0. The average molecular weight is 214 g/mol. The second-order valence-corrected chi connectivity index (χ2v) is 4.67. The van der Waals surface area contributed by atoms with Crippen molar-refractivity contribution in [1.82, 2.24) is 4.90 Å². The number of rotatable bonds is 4. The minimum atomic E-state index is -0.220. The number of aliphatic hydroxyl groups is 1. The van der Waals surface area contributed by atoms with Gasteiger partial charge in [-0.25, -0.2) is 0 Å². The van der Waals surface area contributed by atoms with E-state index in [1.807, 2.05) is 14.1 Å². The minimum absolute atomic E-state index is 0.0141. The molecule has 1 aromatic heterocycles. The number of nitrogens with two attached hydrogens (primary N) is 1. The Kier molecular flexibility index (Phi) is 4.07. The number of aryl methyl sites for hydroxylation is 1. The summed E-state index contributed by atoms with van der Waals surface area (Å²) in [5, 5.41) is 11.2. The summed E-state index contributed by atoms with van der Waals surface area (Å²) in [5.74, 6) is 0. The predicted octanol–water partition coefficient (Wildman–Crippen LogP) is 0.979. The molecule has 1 rings (SSSR count). The number of hydrogen-bond donors (Lipinski definition) is 2. The Bertz CT molecular complexity index is 285. The maximum absolute atomic E-state index is 9.10. The van der Waals surface area contributed by atoms with E-state index in [0.717, 1.165) is 0 Å². The van der Waals surface area contributed by atoms with Gasteiger partial charge in [0.2, 0.25) is 0 Å². The number of thiophene rings is 1. The fourth-order valence-corrected chi connectivity index (χ4v) is 2.80. The summed E-state index contributed by atoms with van der Waals surface area (Å²) in [6, 6.07) is 1.97. The highest BCUT2D eigenvalue weighted by Crippen LogP contribution is 2.28. The van der Waals surface area contributed by atoms with E-state index in [4.69, 9.17) is 10.8 Å². The molecule has 14 heavy (non-hydrogen) atoms. The topological polar surface area (TPSA) is 49.5 Å². The van der Waals surface area contributed by atoms with Crippen molar-refractivity contribution in [3.8, 4) is 0 Å². The van der Waals surface area contributed by atoms with Crippen molar-refractivity contribution < 1.29 is 5.11 Å². The first-order chi connectivity index (χ1) is 6.57. The normalized spacial score (nSPS) is 15.9. The van der Waals surface area contributed by atoms with Gasteiger partial charge in [-0.2, -0.15) is 0 Å². The van der Waals surface area contributed by atoms with Gasteiger partial charge < -0.3 is 15.7 Å². The average Bonchev–Trinajstić information content (AvgIpc) is 2.52. The van der Waals surface area contributed by atoms with Crippen LogP contribution in [0.5, 0.6) is 0 Å². The van der Waals surface area contributed by atoms with E-state index in [1.54, 1.807) is 11.3 Å². The Balaban J connectivity index is 2.94. The third-order valence-corrected chi connectivity index (χ3v) is 3.43. The molecule has 0 spiro atoms. The summed E-state index contributed by atoms with van der Waals surface area (Å²) in [5.41, 5.74) is 7.14. The lowest BCUT2D eigenvalue weighted by molar-refractivity contribution is 0.183. The van der Waals surface area contributed by atoms with Crippen molar-refractivity contribution in [2.75, 3.05) is 20.7 Å². The zero-order valence-corrected chi connectivity index (χ0v) is 9.71. The monoisotopic (exact) mass is 214 g/mol. The lowest BCUT2D eigenvalue weighted by atomic mass is 10.0. The molecule has 80 valence electrons. The quantitative estimate of drug-likeness (QED) is 0.785. The molecule has 0 aliphatic carbocycles. The van der Waals surface area contributed by atoms with Crippen LogP contribution in [0, 0.1) is 6.92 Å². The number of aliphatic hydroxyl groups excluding tert-OH is 1. The molecular formula is C10H18N2OS. The van der Waals surface area contributed by atoms with Crippen molar-refractivity contribution >= 4 is 11.3 Å². The first-order valence-electron chi connectivity index (χ1n) is 4.64. The Morgan fingerprint density at radius 2 is 2.21 bits per heavy atom. The zero-order valence-electron chi connectivity index (χ0n) is 8.90. The van der Waals surface area contributed by atoms with Crippen LogP contribution in [0.1, 0.15) is 16.5 Å². The molecule has 0 saturated carbocycles. The highest BCUT2D eigenvalue weighted by molar-refractivity contribution is 7.10. The minimum Gasteiger partial charge on any atom is -0.395 e. The van der Waals surface area contributed by atoms with E-state index in [0.29, 0.717) is 0 Å². The molecule has 1 heterocycles. The first kappa shape index (κ1) is 11.7. The summed E-state index contributed by atoms with van der Waals surface area (Å²) in [7, 11) is 3.97. The molecule has 0 aliphatic heterocycles. The fourth-order valence-electron chi connectivity index (χ4n) is 1.60. The molecule has 1 aromatic rings. The maximum atomic E-state index is 9.10. The molecule has 0 bridgehead atoms. The van der Waals surface area contributed by atoms with Crippen LogP contribution in [-0.4, -0.2) is 36.8 Å². The standard InChI is InChI=1S/C10H18N2OS/c1-7-4-5-14-10(7)9(12(2)3)8(11)6-13/h4-5,8-9,13H,6,11H2,1-3H3. The lowest BCUT2D eigenvalue weighted by Crippen LogP contribution is -2.39. The summed E-state index contributed by atoms with van der Waals surface area (Å²) in [4.78, 5) is 3.30. The Morgan fingerprint density at radius 3 is 2.57 bits per heavy atom. The molecule has 2 unspecified atom stereocenters. The van der Waals surface area contributed by atoms with Gasteiger partial charge >= 0.3 is 0 Å². The van der Waals surface area contributed by atoms with Crippen LogP contribution >= 0.6 is 11.3 Å². The van der Waals surface area contributed by atoms with Gasteiger partial charge in [0.15, 0.2) is 0 Å². The SMILES string of the molecule is Cc1ccsc1C(C(N)CO)N(C)C. The van der Waals surface area contributed by atoms with Gasteiger partial charge in [0, 0.05) is 10.9 Å². The van der Waals surface area contributed by atoms with Gasteiger partial charge in [-0.05, 0) is 38.0 Å². The van der Waals surface area contributed by atoms with Crippen molar-refractivity contribution in [3.63, 3.8) is 0 Å². The van der Waals surface area contributed by atoms with E-state index >= 15 is 0 Å². The van der Waals surface area contributed by atoms with Gasteiger partial charge in [-0.15, -0.1) is 11.3 Å². The molecule has 4 heteroatoms. The van der Waals surface area contributed by atoms with Crippen LogP contribution in [0.3, 0.4) is 0 Å². The summed E-state index contributed by atoms with van der Waals surface area (Å²) >= 11 is 1.70. The smallest absolute Gasteiger partial charge is 0.0613 e. The van der Waals surface area contributed by atoms with Gasteiger partial charge in [-0.1, -0.05) is 0 Å². The Labute approximate surface area is 89.2 Å². The highest BCUT2D eigenvalue weighted by atomic mass is 32.1. The van der Waals surface area contributed by atoms with Gasteiger partial charge in [0.1, 0.15) is 0 Å². The highest BCUT2D eigenvalue weighted by Gasteiger charge is 2.23. The summed E-state index contributed by atoms with van der Waals surface area (Å²) in [6.45, 7) is 2.09. The first-order valence-corrected chi connectivity index (χ1v) is 5.52. The summed E-state index contributed by atoms with van der Waals surface area (Å²) < 4.78 is 0. The van der Waals surface area contributed by atoms with Crippen LogP contribution in [0.25, 0.3) is 0 Å². The zero-order chi connectivity index (χ0) is 10.7. The second kappa shape index (κ2) is 4.89. The van der Waals surface area contributed by atoms with Crippen LogP contribution in [0.4, 0.5) is 0 Å². The third kappa shape index (κ3) is 2.33. The molecule has 0 aliphatic rings. The van der Waals surface area contributed by atoms with E-state index in [2.05, 4.69) is 23.3 Å². The van der Waals surface area contributed by atoms with E-state index in [1.165, 1.54) is 10.4 Å². The maximum Gasteiger partial charge on any atom is 0.0613 e. The van der Waals surface area contributed by atoms with Crippen LogP contribution in [0.2, 0.25) is 0 Å². The fraction of sp³-hybridized carbons (Fsp3) is 0.600. The molecule has 2 atom stereocenters. The van der Waals surface area contributed by atoms with Crippen molar-refractivity contribution in [3.05, 3.63) is 21.9 Å². The molecular weight excluding hydrogens is 196 g/mol. The van der Waals surface area contributed by atoms with E-state index < -0.39 is 0 Å². The molecule has 0 fully saturated rings. The number of likely N-dealkylation sites (N-methyl/N-ethyl adjacent to an activating group) is 1. The molecule has 0 saturated heterocycles. The molecule has 3 nitrogen and oxygen atoms in total. The predicted molar refractivity (Wildman–Crippen MR) is 60.5 cm³/mol. The van der Waals surface area contributed by atoms with Gasteiger partial charge in [-0.3, -0.25) is 0 Å². The molecule has 0 aromatic carbocycles. The van der Waals surface area contributed by atoms with Crippen molar-refractivity contribution in [2.45, 2.75) is 19.0 Å². The molecule has 3 N–H and O–H groups in total. The molecule has 0 radical (unpaired) electrons. The van der Waals surface area contributed by atoms with Crippen LogP contribution < -0.4 is 5.73 Å². The van der Waals surface area contributed by atoms with Gasteiger partial charge in [0.25, 0.3) is 0 Å². The third-order valence-electron chi connectivity index (χ3n) is 2.34. The number of hydrogen-bond acceptors (Lipinski definition) is 4. The largest absolute Gasteiger partial charge is 0.395 e.